The first-order valence-corrected chi connectivity index (χ1v) is 7.40. The van der Waals surface area contributed by atoms with Gasteiger partial charge in [0.25, 0.3) is 0 Å². The average molecular weight is 301 g/mol. The van der Waals surface area contributed by atoms with Crippen molar-refractivity contribution in [2.45, 2.75) is 39.2 Å². The van der Waals surface area contributed by atoms with Gasteiger partial charge in [0, 0.05) is 24.9 Å². The molecule has 1 atom stereocenters. The van der Waals surface area contributed by atoms with Gasteiger partial charge in [-0.1, -0.05) is 0 Å². The Kier molecular flexibility index (Phi) is 9.00. The number of Topliss-reactive ketones (excluding diaryl/α,β-unsaturated/α-hetero) is 1. The molecule has 3 N–H and O–H groups in total. The Bertz CT molecular complexity index is 334. The molecule has 1 unspecified atom stereocenters. The number of ether oxygens (including phenoxy) is 2. The summed E-state index contributed by atoms with van der Waals surface area (Å²) in [5.41, 5.74) is 7.02. The number of nitrogens with zero attached hydrogens (tertiary/aromatic N) is 1. The summed E-state index contributed by atoms with van der Waals surface area (Å²) < 4.78 is 10.8. The van der Waals surface area contributed by atoms with Crippen LogP contribution in [0.3, 0.4) is 0 Å². The van der Waals surface area contributed by atoms with E-state index in [1.165, 1.54) is 0 Å². The minimum absolute atomic E-state index is 0.190. The van der Waals surface area contributed by atoms with Gasteiger partial charge >= 0.3 is 0 Å². The highest BCUT2D eigenvalue weighted by molar-refractivity contribution is 5.75. The van der Waals surface area contributed by atoms with Crippen molar-refractivity contribution in [2.24, 2.45) is 0 Å². The molecule has 0 saturated heterocycles. The molecule has 0 amide bonds. The van der Waals surface area contributed by atoms with Crippen molar-refractivity contribution in [3.05, 3.63) is 11.9 Å². The third kappa shape index (κ3) is 9.41. The summed E-state index contributed by atoms with van der Waals surface area (Å²) in [5.74, 6) is 0.190. The minimum Gasteiger partial charge on any atom is -0.393 e. The highest BCUT2D eigenvalue weighted by Gasteiger charge is 2.10. The van der Waals surface area contributed by atoms with Gasteiger partial charge in [0.15, 0.2) is 0 Å². The number of carbonyl (C=O) groups excluding carboxylic acids is 1. The number of hydrogen-bond acceptors (Lipinski definition) is 7. The molecule has 21 heavy (non-hydrogen) atoms. The van der Waals surface area contributed by atoms with Gasteiger partial charge in [-0.25, -0.2) is 0 Å². The van der Waals surface area contributed by atoms with Crippen LogP contribution in [0.15, 0.2) is 11.9 Å². The highest BCUT2D eigenvalue weighted by atomic mass is 16.5. The molecule has 0 bridgehead atoms. The van der Waals surface area contributed by atoms with Crippen LogP contribution in [0.4, 0.5) is 0 Å². The third-order valence-electron chi connectivity index (χ3n) is 2.95. The number of aliphatic hydroxyl groups excluding tert-OH is 1. The van der Waals surface area contributed by atoms with Crippen molar-refractivity contribution < 1.29 is 19.4 Å². The van der Waals surface area contributed by atoms with Crippen LogP contribution in [0.2, 0.25) is 0 Å². The number of rotatable bonds is 12. The van der Waals surface area contributed by atoms with Crippen LogP contribution in [0.25, 0.3) is 0 Å². The van der Waals surface area contributed by atoms with Gasteiger partial charge in [0.1, 0.15) is 5.78 Å². The number of ketones is 1. The summed E-state index contributed by atoms with van der Waals surface area (Å²) in [6.45, 7) is 6.28. The van der Waals surface area contributed by atoms with Crippen LogP contribution in [0.1, 0.15) is 33.1 Å². The number of nitrogens with one attached hydrogen (secondary N) is 2. The fraction of sp³-hybridized carbons (Fsp3) is 0.786. The summed E-state index contributed by atoms with van der Waals surface area (Å²) in [4.78, 5) is 10.9. The Morgan fingerprint density at radius 1 is 1.33 bits per heavy atom. The monoisotopic (exact) mass is 301 g/mol. The summed E-state index contributed by atoms with van der Waals surface area (Å²) >= 11 is 0. The first kappa shape index (κ1) is 17.9. The molecule has 0 saturated carbocycles. The van der Waals surface area contributed by atoms with Gasteiger partial charge in [-0.3, -0.25) is 5.01 Å². The largest absolute Gasteiger partial charge is 0.393 e. The van der Waals surface area contributed by atoms with E-state index < -0.39 is 0 Å². The molecule has 1 rings (SSSR count). The maximum atomic E-state index is 10.9. The van der Waals surface area contributed by atoms with E-state index in [1.54, 1.807) is 13.8 Å². The molecule has 0 aromatic heterocycles. The van der Waals surface area contributed by atoms with Crippen LogP contribution in [-0.4, -0.2) is 55.0 Å². The maximum Gasteiger partial charge on any atom is 0.130 e. The molecular weight excluding hydrogens is 274 g/mol. The Labute approximate surface area is 126 Å². The second kappa shape index (κ2) is 10.6. The van der Waals surface area contributed by atoms with Gasteiger partial charge in [-0.2, -0.15) is 0 Å². The quantitative estimate of drug-likeness (QED) is 0.448. The zero-order valence-corrected chi connectivity index (χ0v) is 12.9. The lowest BCUT2D eigenvalue weighted by Gasteiger charge is -2.15. The maximum absolute atomic E-state index is 10.9. The second-order valence-corrected chi connectivity index (χ2v) is 5.15. The van der Waals surface area contributed by atoms with Crippen molar-refractivity contribution in [1.82, 2.24) is 16.0 Å². The normalized spacial score (nSPS) is 15.8. The molecule has 122 valence electrons. The molecule has 7 nitrogen and oxygen atoms in total. The molecule has 0 fully saturated rings. The molecular formula is C14H27N3O4. The lowest BCUT2D eigenvalue weighted by Crippen LogP contribution is -2.38. The predicted molar refractivity (Wildman–Crippen MR) is 78.9 cm³/mol. The summed E-state index contributed by atoms with van der Waals surface area (Å²) in [7, 11) is 0. The van der Waals surface area contributed by atoms with Gasteiger partial charge in [-0.15, -0.1) is 5.53 Å². The van der Waals surface area contributed by atoms with Gasteiger partial charge < -0.3 is 24.8 Å². The number of hydrazine groups is 2. The molecule has 0 radical (unpaired) electrons. The zero-order valence-electron chi connectivity index (χ0n) is 12.9. The zero-order chi connectivity index (χ0) is 15.5. The Morgan fingerprint density at radius 2 is 2.05 bits per heavy atom. The van der Waals surface area contributed by atoms with E-state index in [4.69, 9.17) is 14.6 Å². The van der Waals surface area contributed by atoms with Crippen LogP contribution < -0.4 is 11.0 Å². The van der Waals surface area contributed by atoms with Crippen molar-refractivity contribution >= 4 is 5.78 Å². The summed E-state index contributed by atoms with van der Waals surface area (Å²) in [6, 6.07) is 0. The van der Waals surface area contributed by atoms with E-state index in [-0.39, 0.29) is 11.9 Å². The Morgan fingerprint density at radius 3 is 2.71 bits per heavy atom. The third-order valence-corrected chi connectivity index (χ3v) is 2.95. The lowest BCUT2D eigenvalue weighted by molar-refractivity contribution is -0.117. The standard InChI is InChI=1S/C14H27N3O4/c1-12(18)3-4-14-11-17(16-15-14)6-8-21-10-9-20-7-5-13(2)19/h11,13,15-16,19H,3-10H2,1-2H3. The van der Waals surface area contributed by atoms with Crippen molar-refractivity contribution in [3.8, 4) is 0 Å². The SMILES string of the molecule is CC(=O)CCC1=CN(CCOCCOCCC(C)O)NN1. The fourth-order valence-electron chi connectivity index (χ4n) is 1.69. The molecule has 0 aliphatic carbocycles. The lowest BCUT2D eigenvalue weighted by atomic mass is 10.2. The number of allylic oxidation sites excluding steroid dienone is 1. The van der Waals surface area contributed by atoms with Crippen LogP contribution in [-0.2, 0) is 14.3 Å². The highest BCUT2D eigenvalue weighted by Crippen LogP contribution is 2.06. The molecule has 0 aromatic rings. The van der Waals surface area contributed by atoms with Gasteiger partial charge in [-0.05, 0) is 26.7 Å². The summed E-state index contributed by atoms with van der Waals surface area (Å²) in [6.07, 6.45) is 3.55. The van der Waals surface area contributed by atoms with E-state index in [0.717, 1.165) is 12.1 Å². The number of hydrogen-bond donors (Lipinski definition) is 3. The summed E-state index contributed by atoms with van der Waals surface area (Å²) in [5, 5.41) is 10.9. The Balaban J connectivity index is 1.95. The topological polar surface area (TPSA) is 83.1 Å². The first-order valence-electron chi connectivity index (χ1n) is 7.40. The van der Waals surface area contributed by atoms with E-state index in [9.17, 15) is 4.79 Å². The van der Waals surface area contributed by atoms with E-state index in [2.05, 4.69) is 11.0 Å². The average Bonchev–Trinajstić information content (AvgIpc) is 2.87. The fourth-order valence-corrected chi connectivity index (χ4v) is 1.69. The van der Waals surface area contributed by atoms with Crippen molar-refractivity contribution in [1.29, 1.82) is 0 Å². The number of aliphatic hydroxyl groups is 1. The van der Waals surface area contributed by atoms with Crippen LogP contribution in [0, 0.1) is 0 Å². The minimum atomic E-state index is -0.316. The van der Waals surface area contributed by atoms with Crippen LogP contribution in [0.5, 0.6) is 0 Å². The van der Waals surface area contributed by atoms with Crippen molar-refractivity contribution in [3.63, 3.8) is 0 Å². The molecule has 7 heteroatoms. The van der Waals surface area contributed by atoms with Gasteiger partial charge in [0.05, 0.1) is 32.5 Å². The predicted octanol–water partition coefficient (Wildman–Crippen LogP) is 0.326. The van der Waals surface area contributed by atoms with E-state index in [1.807, 2.05) is 11.2 Å². The molecule has 1 heterocycles. The van der Waals surface area contributed by atoms with Gasteiger partial charge in [0.2, 0.25) is 0 Å². The molecule has 0 aromatic carbocycles. The van der Waals surface area contributed by atoms with Crippen LogP contribution >= 0.6 is 0 Å². The first-order chi connectivity index (χ1) is 10.1. The molecule has 1 aliphatic rings. The smallest absolute Gasteiger partial charge is 0.130 e. The van der Waals surface area contributed by atoms with E-state index >= 15 is 0 Å². The number of carbonyl (C=O) groups is 1. The Hall–Kier alpha value is -1.15. The molecule has 1 aliphatic heterocycles. The van der Waals surface area contributed by atoms with E-state index in [0.29, 0.717) is 45.8 Å². The van der Waals surface area contributed by atoms with Crippen molar-refractivity contribution in [2.75, 3.05) is 33.0 Å². The second-order valence-electron chi connectivity index (χ2n) is 5.15. The molecule has 0 spiro atoms.